The van der Waals surface area contributed by atoms with Gasteiger partial charge < -0.3 is 33.3 Å². The van der Waals surface area contributed by atoms with Crippen molar-refractivity contribution in [1.82, 2.24) is 4.57 Å². The molecule has 0 saturated heterocycles. The van der Waals surface area contributed by atoms with Gasteiger partial charge in [-0.25, -0.2) is 0 Å². The van der Waals surface area contributed by atoms with Crippen LogP contribution in [0.25, 0.3) is 27.5 Å². The molecule has 0 atom stereocenters. The predicted octanol–water partition coefficient (Wildman–Crippen LogP) is 11.8. The Labute approximate surface area is 309 Å². The van der Waals surface area contributed by atoms with Gasteiger partial charge in [0.2, 0.25) is 0 Å². The van der Waals surface area contributed by atoms with Crippen LogP contribution in [0.15, 0.2) is 164 Å². The van der Waals surface area contributed by atoms with Gasteiger partial charge >= 0.3 is 0 Å². The van der Waals surface area contributed by atoms with E-state index < -0.39 is 0 Å². The van der Waals surface area contributed by atoms with Gasteiger partial charge in [0, 0.05) is 27.8 Å². The molecule has 0 bridgehead atoms. The summed E-state index contributed by atoms with van der Waals surface area (Å²) in [5.74, 6) is 2.99. The lowest BCUT2D eigenvalue weighted by molar-refractivity contribution is 0.412. The van der Waals surface area contributed by atoms with Gasteiger partial charge in [0.1, 0.15) is 23.0 Å². The fourth-order valence-corrected chi connectivity index (χ4v) is 7.21. The number of nitrogens with zero attached hydrogens (tertiary/aromatic N) is 3. The molecule has 53 heavy (non-hydrogen) atoms. The number of fused-ring (bicyclic) bond motifs is 3. The lowest BCUT2D eigenvalue weighted by Gasteiger charge is -2.28. The fraction of sp³-hybridized carbons (Fsp3) is 0.0870. The van der Waals surface area contributed by atoms with Gasteiger partial charge in [-0.1, -0.05) is 66.7 Å². The topological polar surface area (TPSA) is 48.3 Å². The molecule has 0 unspecified atom stereocenters. The normalized spacial score (nSPS) is 11.0. The van der Waals surface area contributed by atoms with Gasteiger partial charge in [-0.05, 0) is 97.1 Å². The van der Waals surface area contributed by atoms with E-state index in [2.05, 4.69) is 99.3 Å². The van der Waals surface area contributed by atoms with Crippen LogP contribution in [0.4, 0.5) is 34.1 Å². The molecule has 0 saturated carbocycles. The molecule has 7 nitrogen and oxygen atoms in total. The van der Waals surface area contributed by atoms with Crippen molar-refractivity contribution in [2.24, 2.45) is 0 Å². The van der Waals surface area contributed by atoms with Crippen LogP contribution in [0.2, 0.25) is 0 Å². The van der Waals surface area contributed by atoms with Crippen molar-refractivity contribution in [2.45, 2.75) is 0 Å². The molecule has 1 aromatic heterocycles. The van der Waals surface area contributed by atoms with Crippen molar-refractivity contribution in [3.8, 4) is 28.7 Å². The number of hydrogen-bond donors (Lipinski definition) is 0. The highest BCUT2D eigenvalue weighted by Gasteiger charge is 2.24. The summed E-state index contributed by atoms with van der Waals surface area (Å²) < 4.78 is 26.0. The number of anilines is 6. The van der Waals surface area contributed by atoms with Crippen molar-refractivity contribution in [3.63, 3.8) is 0 Å². The zero-order valence-electron chi connectivity index (χ0n) is 30.1. The second-order valence-corrected chi connectivity index (χ2v) is 12.4. The summed E-state index contributed by atoms with van der Waals surface area (Å²) in [5, 5.41) is 2.16. The monoisotopic (exact) mass is 697 g/mol. The number of ether oxygens (including phenoxy) is 4. The minimum absolute atomic E-state index is 0.747. The van der Waals surface area contributed by atoms with Crippen LogP contribution >= 0.6 is 0 Å². The highest BCUT2D eigenvalue weighted by molar-refractivity contribution is 6.12. The van der Waals surface area contributed by atoms with Crippen LogP contribution in [-0.2, 0) is 0 Å². The van der Waals surface area contributed by atoms with Gasteiger partial charge in [-0.2, -0.15) is 0 Å². The van der Waals surface area contributed by atoms with E-state index in [1.54, 1.807) is 28.4 Å². The Kier molecular flexibility index (Phi) is 9.05. The van der Waals surface area contributed by atoms with E-state index in [9.17, 15) is 0 Å². The quantitative estimate of drug-likeness (QED) is 0.134. The van der Waals surface area contributed by atoms with E-state index in [-0.39, 0.29) is 0 Å². The minimum atomic E-state index is 0.747. The molecule has 7 heteroatoms. The smallest absolute Gasteiger partial charge is 0.142 e. The summed E-state index contributed by atoms with van der Waals surface area (Å²) in [6, 6.07) is 56.0. The van der Waals surface area contributed by atoms with Gasteiger partial charge in [0.15, 0.2) is 0 Å². The molecule has 0 aliphatic carbocycles. The summed E-state index contributed by atoms with van der Waals surface area (Å²) in [6.07, 6.45) is 0. The first-order valence-electron chi connectivity index (χ1n) is 17.4. The van der Waals surface area contributed by atoms with Crippen LogP contribution in [0, 0.1) is 0 Å². The van der Waals surface area contributed by atoms with Gasteiger partial charge in [0.05, 0.1) is 62.2 Å². The van der Waals surface area contributed by atoms with Crippen molar-refractivity contribution >= 4 is 55.9 Å². The summed E-state index contributed by atoms with van der Waals surface area (Å²) >= 11 is 0. The Hall–Kier alpha value is -6.86. The first kappa shape index (κ1) is 33.3. The molecule has 8 rings (SSSR count). The summed E-state index contributed by atoms with van der Waals surface area (Å²) in [5.41, 5.74) is 8.71. The molecule has 1 heterocycles. The van der Waals surface area contributed by atoms with E-state index in [0.717, 1.165) is 84.6 Å². The first-order valence-corrected chi connectivity index (χ1v) is 17.4. The van der Waals surface area contributed by atoms with Crippen LogP contribution < -0.4 is 28.7 Å². The molecule has 0 amide bonds. The zero-order chi connectivity index (χ0) is 36.3. The number of rotatable bonds is 11. The highest BCUT2D eigenvalue weighted by atomic mass is 16.5. The van der Waals surface area contributed by atoms with Crippen molar-refractivity contribution in [3.05, 3.63) is 164 Å². The van der Waals surface area contributed by atoms with Crippen LogP contribution in [-0.4, -0.2) is 33.0 Å². The molecular weight excluding hydrogens is 659 g/mol. The van der Waals surface area contributed by atoms with Gasteiger partial charge in [-0.15, -0.1) is 0 Å². The lowest BCUT2D eigenvalue weighted by atomic mass is 10.1. The Morgan fingerprint density at radius 2 is 0.679 bits per heavy atom. The van der Waals surface area contributed by atoms with Gasteiger partial charge in [0.25, 0.3) is 0 Å². The number of benzene rings is 7. The maximum absolute atomic E-state index is 5.91. The van der Waals surface area contributed by atoms with Gasteiger partial charge in [-0.3, -0.25) is 0 Å². The Morgan fingerprint density at radius 1 is 0.358 bits per heavy atom. The molecule has 0 radical (unpaired) electrons. The Bertz CT molecular complexity index is 2290. The van der Waals surface area contributed by atoms with E-state index >= 15 is 0 Å². The molecule has 262 valence electrons. The number of methoxy groups -OCH3 is 4. The predicted molar refractivity (Wildman–Crippen MR) is 216 cm³/mol. The fourth-order valence-electron chi connectivity index (χ4n) is 7.21. The minimum Gasteiger partial charge on any atom is -0.495 e. The summed E-state index contributed by atoms with van der Waals surface area (Å²) in [6.45, 7) is 0. The molecule has 7 aromatic carbocycles. The maximum atomic E-state index is 5.91. The molecule has 0 fully saturated rings. The Balaban J connectivity index is 1.43. The third-order valence-corrected chi connectivity index (χ3v) is 9.57. The van der Waals surface area contributed by atoms with Crippen molar-refractivity contribution < 1.29 is 18.9 Å². The number of hydrogen-bond acceptors (Lipinski definition) is 6. The second-order valence-electron chi connectivity index (χ2n) is 12.4. The molecule has 0 aliphatic rings. The third kappa shape index (κ3) is 5.92. The van der Waals surface area contributed by atoms with Crippen LogP contribution in [0.1, 0.15) is 0 Å². The average molecular weight is 698 g/mol. The average Bonchev–Trinajstić information content (AvgIpc) is 3.55. The lowest BCUT2D eigenvalue weighted by Crippen LogP contribution is -2.12. The van der Waals surface area contributed by atoms with E-state index in [1.165, 1.54) is 0 Å². The largest absolute Gasteiger partial charge is 0.495 e. The molecule has 8 aromatic rings. The highest BCUT2D eigenvalue weighted by Crippen LogP contribution is 2.48. The standard InChI is InChI=1S/C46H39N3O4/c1-50-43-22-12-8-18-39(43)48(40-19-9-13-23-44(40)51-2)33-26-28-37-35(30-33)36-31-34(27-29-38(36)47(37)32-16-6-5-7-17-32)49(41-20-10-14-24-45(41)52-3)42-21-11-15-25-46(42)53-4/h5-31H,1-4H3. The zero-order valence-corrected chi connectivity index (χ0v) is 30.1. The van der Waals surface area contributed by atoms with E-state index in [0.29, 0.717) is 0 Å². The first-order chi connectivity index (χ1) is 26.1. The SMILES string of the molecule is COc1ccccc1N(c1ccc2c(c1)c1cc(N(c3ccccc3OC)c3ccccc3OC)ccc1n2-c1ccccc1)c1ccccc1OC. The van der Waals surface area contributed by atoms with Crippen LogP contribution in [0.5, 0.6) is 23.0 Å². The number of aromatic nitrogens is 1. The van der Waals surface area contributed by atoms with Crippen molar-refractivity contribution in [1.29, 1.82) is 0 Å². The maximum Gasteiger partial charge on any atom is 0.142 e. The number of para-hydroxylation sites is 9. The molecule has 0 spiro atoms. The third-order valence-electron chi connectivity index (χ3n) is 9.57. The molecule has 0 aliphatic heterocycles. The molecule has 0 N–H and O–H groups in total. The second kappa shape index (κ2) is 14.4. The van der Waals surface area contributed by atoms with Crippen LogP contribution in [0.3, 0.4) is 0 Å². The van der Waals surface area contributed by atoms with E-state index in [4.69, 9.17) is 18.9 Å². The summed E-state index contributed by atoms with van der Waals surface area (Å²) in [7, 11) is 6.80. The van der Waals surface area contributed by atoms with E-state index in [1.807, 2.05) is 78.9 Å². The van der Waals surface area contributed by atoms with Crippen molar-refractivity contribution in [2.75, 3.05) is 38.2 Å². The summed E-state index contributed by atoms with van der Waals surface area (Å²) in [4.78, 5) is 4.39. The molecular formula is C46H39N3O4. The Morgan fingerprint density at radius 3 is 1.02 bits per heavy atom.